The van der Waals surface area contributed by atoms with Crippen LogP contribution in [0.2, 0.25) is 0 Å². The van der Waals surface area contributed by atoms with Gasteiger partial charge in [0.2, 0.25) is 0 Å². The van der Waals surface area contributed by atoms with Gasteiger partial charge in [-0.05, 0) is 46.7 Å². The smallest absolute Gasteiger partial charge is 0.0533 e. The Morgan fingerprint density at radius 2 is 1.10 bits per heavy atom. The van der Waals surface area contributed by atoms with Crippen LogP contribution in [0.15, 0.2) is 122 Å². The molecule has 154 valence electrons. The second-order valence-corrected chi connectivity index (χ2v) is 6.83. The van der Waals surface area contributed by atoms with Crippen LogP contribution in [-0.4, -0.2) is 0 Å². The van der Waals surface area contributed by atoms with Crippen LogP contribution < -0.4 is 15.3 Å². The van der Waals surface area contributed by atoms with E-state index in [4.69, 9.17) is 0 Å². The van der Waals surface area contributed by atoms with Gasteiger partial charge in [-0.1, -0.05) is 112 Å². The summed E-state index contributed by atoms with van der Waals surface area (Å²) >= 11 is 0. The lowest BCUT2D eigenvalue weighted by molar-refractivity contribution is 1.28. The molecule has 0 spiro atoms. The standard InChI is InChI=1S/C28H23N.C2H6/c1-3-28(27-17-11-10-12-22(27)2)29(25-15-8-5-9-16-25)26-20-18-24(19-21-26)23-13-6-4-7-14-23;1-2/h3-21H,1-2H2;1-2H3/b28-27+;. The molecule has 0 atom stereocenters. The van der Waals surface area contributed by atoms with Gasteiger partial charge in [-0.25, -0.2) is 0 Å². The minimum absolute atomic E-state index is 0.976. The fourth-order valence-corrected chi connectivity index (χ4v) is 3.53. The molecule has 0 N–H and O–H groups in total. The fraction of sp³-hybridized carbons (Fsp3) is 0.0667. The number of hydrogen-bond donors (Lipinski definition) is 0. The molecule has 0 aliphatic heterocycles. The van der Waals surface area contributed by atoms with Crippen molar-refractivity contribution in [3.63, 3.8) is 0 Å². The van der Waals surface area contributed by atoms with Crippen molar-refractivity contribution in [1.29, 1.82) is 0 Å². The SMILES string of the molecule is C=C/C(=c1/ccccc1=C)N(c1ccccc1)c1ccc(-c2ccccc2)cc1.CC. The molecule has 4 aromatic rings. The first-order valence-corrected chi connectivity index (χ1v) is 10.7. The highest BCUT2D eigenvalue weighted by molar-refractivity contribution is 5.85. The van der Waals surface area contributed by atoms with Crippen LogP contribution >= 0.6 is 0 Å². The molecule has 31 heavy (non-hydrogen) atoms. The number of anilines is 2. The van der Waals surface area contributed by atoms with Crippen LogP contribution in [0.3, 0.4) is 0 Å². The molecule has 0 saturated carbocycles. The van der Waals surface area contributed by atoms with Crippen molar-refractivity contribution >= 4 is 23.7 Å². The van der Waals surface area contributed by atoms with E-state index in [1.54, 1.807) is 0 Å². The third-order valence-electron chi connectivity index (χ3n) is 4.97. The van der Waals surface area contributed by atoms with Crippen molar-refractivity contribution in [3.05, 3.63) is 132 Å². The van der Waals surface area contributed by atoms with Crippen LogP contribution in [0.25, 0.3) is 23.4 Å². The molecule has 1 heteroatoms. The van der Waals surface area contributed by atoms with Gasteiger partial charge in [0.15, 0.2) is 0 Å². The number of nitrogens with zero attached hydrogens (tertiary/aromatic N) is 1. The number of para-hydroxylation sites is 1. The van der Waals surface area contributed by atoms with E-state index in [9.17, 15) is 0 Å². The van der Waals surface area contributed by atoms with E-state index < -0.39 is 0 Å². The number of benzene rings is 4. The second-order valence-electron chi connectivity index (χ2n) is 6.83. The van der Waals surface area contributed by atoms with Gasteiger partial charge in [0.1, 0.15) is 0 Å². The van der Waals surface area contributed by atoms with Crippen LogP contribution in [0, 0.1) is 0 Å². The Morgan fingerprint density at radius 1 is 0.613 bits per heavy atom. The third-order valence-corrected chi connectivity index (χ3v) is 4.97. The highest BCUT2D eigenvalue weighted by Gasteiger charge is 2.13. The van der Waals surface area contributed by atoms with Gasteiger partial charge in [-0.3, -0.25) is 0 Å². The van der Waals surface area contributed by atoms with Crippen molar-refractivity contribution in [2.24, 2.45) is 0 Å². The molecule has 0 aliphatic carbocycles. The molecule has 0 heterocycles. The van der Waals surface area contributed by atoms with E-state index in [0.29, 0.717) is 0 Å². The first kappa shape index (κ1) is 21.9. The van der Waals surface area contributed by atoms with Crippen molar-refractivity contribution in [2.45, 2.75) is 13.8 Å². The van der Waals surface area contributed by atoms with E-state index in [0.717, 1.165) is 27.5 Å². The average molecular weight is 404 g/mol. The van der Waals surface area contributed by atoms with E-state index in [1.165, 1.54) is 11.1 Å². The monoisotopic (exact) mass is 403 g/mol. The maximum atomic E-state index is 4.22. The van der Waals surface area contributed by atoms with E-state index in [2.05, 4.69) is 96.9 Å². The summed E-state index contributed by atoms with van der Waals surface area (Å²) in [6.45, 7) is 12.3. The molecule has 0 aromatic heterocycles. The lowest BCUT2D eigenvalue weighted by atomic mass is 10.0. The molecule has 1 nitrogen and oxygen atoms in total. The number of hydrogen-bond acceptors (Lipinski definition) is 1. The van der Waals surface area contributed by atoms with Gasteiger partial charge >= 0.3 is 0 Å². The van der Waals surface area contributed by atoms with Crippen molar-refractivity contribution < 1.29 is 0 Å². The highest BCUT2D eigenvalue weighted by Crippen LogP contribution is 2.32. The predicted molar refractivity (Wildman–Crippen MR) is 137 cm³/mol. The largest absolute Gasteiger partial charge is 0.310 e. The summed E-state index contributed by atoms with van der Waals surface area (Å²) in [5.41, 5.74) is 5.57. The third kappa shape index (κ3) is 5.02. The minimum Gasteiger partial charge on any atom is -0.310 e. The van der Waals surface area contributed by atoms with Gasteiger partial charge in [0, 0.05) is 16.6 Å². The Morgan fingerprint density at radius 3 is 1.68 bits per heavy atom. The molecule has 0 radical (unpaired) electrons. The summed E-state index contributed by atoms with van der Waals surface area (Å²) in [5, 5.41) is 2.04. The van der Waals surface area contributed by atoms with E-state index in [1.807, 2.05) is 50.3 Å². The zero-order chi connectivity index (χ0) is 22.1. The van der Waals surface area contributed by atoms with Gasteiger partial charge in [-0.2, -0.15) is 0 Å². The maximum absolute atomic E-state index is 4.22. The second kappa shape index (κ2) is 10.8. The van der Waals surface area contributed by atoms with Crippen LogP contribution in [-0.2, 0) is 0 Å². The van der Waals surface area contributed by atoms with Gasteiger partial charge in [-0.15, -0.1) is 0 Å². The van der Waals surface area contributed by atoms with Gasteiger partial charge in [0.25, 0.3) is 0 Å². The summed E-state index contributed by atoms with van der Waals surface area (Å²) in [7, 11) is 0. The predicted octanol–water partition coefficient (Wildman–Crippen LogP) is 6.92. The summed E-state index contributed by atoms with van der Waals surface area (Å²) in [6, 6.07) is 37.6. The fourth-order valence-electron chi connectivity index (χ4n) is 3.53. The Bertz CT molecular complexity index is 1210. The molecule has 0 amide bonds. The zero-order valence-corrected chi connectivity index (χ0v) is 18.3. The lowest BCUT2D eigenvalue weighted by Crippen LogP contribution is -2.31. The number of rotatable bonds is 5. The Kier molecular flexibility index (Phi) is 7.61. The van der Waals surface area contributed by atoms with Crippen molar-refractivity contribution in [2.75, 3.05) is 4.90 Å². The summed E-state index contributed by atoms with van der Waals surface area (Å²) < 4.78 is 0. The molecule has 0 aliphatic rings. The van der Waals surface area contributed by atoms with Crippen LogP contribution in [0.4, 0.5) is 11.4 Å². The summed E-state index contributed by atoms with van der Waals surface area (Å²) in [5.74, 6) is 0. The lowest BCUT2D eigenvalue weighted by Gasteiger charge is -2.26. The van der Waals surface area contributed by atoms with Gasteiger partial charge < -0.3 is 4.90 Å². The van der Waals surface area contributed by atoms with Crippen LogP contribution in [0.5, 0.6) is 0 Å². The van der Waals surface area contributed by atoms with Crippen molar-refractivity contribution in [3.8, 4) is 11.1 Å². The molecular formula is C30H29N. The van der Waals surface area contributed by atoms with Crippen molar-refractivity contribution in [1.82, 2.24) is 0 Å². The van der Waals surface area contributed by atoms with Gasteiger partial charge in [0.05, 0.1) is 5.70 Å². The summed E-state index contributed by atoms with van der Waals surface area (Å²) in [4.78, 5) is 2.23. The first-order valence-electron chi connectivity index (χ1n) is 10.7. The van der Waals surface area contributed by atoms with E-state index in [-0.39, 0.29) is 0 Å². The molecular weight excluding hydrogens is 374 g/mol. The molecule has 0 unspecified atom stereocenters. The minimum atomic E-state index is 0.976. The Hall–Kier alpha value is -3.84. The molecule has 0 bridgehead atoms. The van der Waals surface area contributed by atoms with E-state index >= 15 is 0 Å². The molecule has 4 rings (SSSR count). The Balaban J connectivity index is 0.00000132. The average Bonchev–Trinajstić information content (AvgIpc) is 2.86. The molecule has 0 saturated heterocycles. The first-order chi connectivity index (χ1) is 15.3. The highest BCUT2D eigenvalue weighted by atomic mass is 15.1. The molecule has 4 aromatic carbocycles. The normalized spacial score (nSPS) is 11.0. The van der Waals surface area contributed by atoms with Crippen LogP contribution in [0.1, 0.15) is 13.8 Å². The topological polar surface area (TPSA) is 3.24 Å². The summed E-state index contributed by atoms with van der Waals surface area (Å²) in [6.07, 6.45) is 1.90. The quantitative estimate of drug-likeness (QED) is 0.349. The zero-order valence-electron chi connectivity index (χ0n) is 18.3. The Labute approximate surface area is 185 Å². The molecule has 0 fully saturated rings. The maximum Gasteiger partial charge on any atom is 0.0533 e.